The van der Waals surface area contributed by atoms with Crippen LogP contribution in [-0.4, -0.2) is 36.1 Å². The van der Waals surface area contributed by atoms with Crippen LogP contribution >= 0.6 is 0 Å². The summed E-state index contributed by atoms with van der Waals surface area (Å²) in [7, 11) is 1.64. The largest absolute Gasteiger partial charge is 0.496 e. The lowest BCUT2D eigenvalue weighted by Gasteiger charge is -2.53. The molecule has 0 radical (unpaired) electrons. The van der Waals surface area contributed by atoms with Gasteiger partial charge in [-0.15, -0.1) is 0 Å². The number of aliphatic hydroxyl groups is 1. The quantitative estimate of drug-likeness (QED) is 0.347. The molecular formula is C35H36N2O3. The lowest BCUT2D eigenvalue weighted by atomic mass is 9.52. The molecule has 0 unspecified atom stereocenters. The number of para-hydroxylation sites is 1. The first kappa shape index (κ1) is 26.3. The monoisotopic (exact) mass is 532 g/mol. The Morgan fingerprint density at radius 2 is 1.32 bits per heavy atom. The highest BCUT2D eigenvalue weighted by Gasteiger charge is 2.61. The highest BCUT2D eigenvalue weighted by Crippen LogP contribution is 2.60. The number of methoxy groups -OCH3 is 1. The predicted molar refractivity (Wildman–Crippen MR) is 157 cm³/mol. The number of nitrogens with zero attached hydrogens (tertiary/aromatic N) is 1. The molecule has 2 aliphatic rings. The number of nitrogens with two attached hydrogens (primary N) is 1. The minimum atomic E-state index is -1.17. The molecule has 5 nitrogen and oxygen atoms in total. The van der Waals surface area contributed by atoms with E-state index in [9.17, 15) is 9.90 Å². The molecule has 4 aromatic carbocycles. The molecule has 5 heteroatoms. The van der Waals surface area contributed by atoms with Crippen molar-refractivity contribution in [3.63, 3.8) is 0 Å². The van der Waals surface area contributed by atoms with E-state index in [1.807, 2.05) is 71.6 Å². The van der Waals surface area contributed by atoms with E-state index in [4.69, 9.17) is 10.5 Å². The SMILES string of the molecule is COc1ccccc1[C@]1(O)CCC(c2ccccc2)(c2ccccc2)[C@H]2CN(C(=O)[C@@H](N)c3ccccc3)C[C@H]21. The standard InChI is InChI=1S/C35H36N2O3/c1-40-31-20-12-11-19-28(31)35(39)22-21-34(26-15-7-3-8-16-26,27-17-9-4-10-18-27)29-23-37(24-30(29)35)33(38)32(36)25-13-5-2-6-14-25/h2-20,29-30,32,39H,21-24,36H2,1H3/t29-,30+,32-,35+/m0/s1. The Bertz CT molecular complexity index is 1420. The number of hydrogen-bond donors (Lipinski definition) is 2. The molecule has 4 atom stereocenters. The Hall–Kier alpha value is -3.93. The molecule has 0 aromatic heterocycles. The number of carbonyl (C=O) groups is 1. The molecule has 4 aromatic rings. The van der Waals surface area contributed by atoms with Crippen molar-refractivity contribution in [1.29, 1.82) is 0 Å². The second kappa shape index (κ2) is 10.6. The van der Waals surface area contributed by atoms with Crippen molar-refractivity contribution in [2.24, 2.45) is 17.6 Å². The summed E-state index contributed by atoms with van der Waals surface area (Å²) in [5.41, 5.74) is 8.99. The smallest absolute Gasteiger partial charge is 0.244 e. The van der Waals surface area contributed by atoms with Gasteiger partial charge in [0.2, 0.25) is 5.91 Å². The number of fused-ring (bicyclic) bond motifs is 1. The fraction of sp³-hybridized carbons (Fsp3) is 0.286. The van der Waals surface area contributed by atoms with Crippen molar-refractivity contribution in [1.82, 2.24) is 4.90 Å². The van der Waals surface area contributed by atoms with Crippen LogP contribution in [0.5, 0.6) is 5.75 Å². The zero-order valence-corrected chi connectivity index (χ0v) is 22.8. The summed E-state index contributed by atoms with van der Waals surface area (Å²) in [5.74, 6) is 0.275. The topological polar surface area (TPSA) is 75.8 Å². The van der Waals surface area contributed by atoms with Gasteiger partial charge >= 0.3 is 0 Å². The van der Waals surface area contributed by atoms with Crippen LogP contribution in [0.3, 0.4) is 0 Å². The zero-order valence-electron chi connectivity index (χ0n) is 22.8. The van der Waals surface area contributed by atoms with Gasteiger partial charge in [0.1, 0.15) is 11.8 Å². The first-order valence-corrected chi connectivity index (χ1v) is 14.1. The first-order valence-electron chi connectivity index (χ1n) is 14.1. The number of rotatable bonds is 6. The third-order valence-corrected chi connectivity index (χ3v) is 9.35. The number of ether oxygens (including phenoxy) is 1. The molecule has 2 fully saturated rings. The summed E-state index contributed by atoms with van der Waals surface area (Å²) in [6.45, 7) is 0.922. The van der Waals surface area contributed by atoms with Gasteiger partial charge < -0.3 is 20.5 Å². The lowest BCUT2D eigenvalue weighted by Crippen LogP contribution is -2.53. The lowest BCUT2D eigenvalue weighted by molar-refractivity contribution is -0.132. The molecule has 1 saturated carbocycles. The minimum Gasteiger partial charge on any atom is -0.496 e. The van der Waals surface area contributed by atoms with E-state index in [0.717, 1.165) is 17.5 Å². The summed E-state index contributed by atoms with van der Waals surface area (Å²) in [4.78, 5) is 15.8. The molecule has 1 saturated heterocycles. The van der Waals surface area contributed by atoms with Crippen molar-refractivity contribution in [3.8, 4) is 5.75 Å². The summed E-state index contributed by atoms with van der Waals surface area (Å²) >= 11 is 0. The van der Waals surface area contributed by atoms with Gasteiger partial charge in [-0.2, -0.15) is 0 Å². The van der Waals surface area contributed by atoms with Crippen LogP contribution in [0, 0.1) is 11.8 Å². The van der Waals surface area contributed by atoms with Crippen molar-refractivity contribution in [2.75, 3.05) is 20.2 Å². The van der Waals surface area contributed by atoms with Crippen LogP contribution in [0.25, 0.3) is 0 Å². The number of carbonyl (C=O) groups excluding carboxylic acids is 1. The van der Waals surface area contributed by atoms with Gasteiger partial charge in [-0.3, -0.25) is 4.79 Å². The average Bonchev–Trinajstić information content (AvgIpc) is 3.49. The normalized spacial score (nSPS) is 24.2. The highest BCUT2D eigenvalue weighted by atomic mass is 16.5. The van der Waals surface area contributed by atoms with Crippen molar-refractivity contribution in [2.45, 2.75) is 29.9 Å². The van der Waals surface area contributed by atoms with Gasteiger partial charge in [0.25, 0.3) is 0 Å². The van der Waals surface area contributed by atoms with Crippen LogP contribution in [0.2, 0.25) is 0 Å². The zero-order chi connectivity index (χ0) is 27.7. The van der Waals surface area contributed by atoms with Crippen LogP contribution in [-0.2, 0) is 15.8 Å². The van der Waals surface area contributed by atoms with Gasteiger partial charge in [-0.25, -0.2) is 0 Å². The van der Waals surface area contributed by atoms with E-state index < -0.39 is 11.6 Å². The Kier molecular flexibility index (Phi) is 6.95. The number of benzene rings is 4. The first-order chi connectivity index (χ1) is 19.5. The van der Waals surface area contributed by atoms with Crippen LogP contribution in [0.4, 0.5) is 0 Å². The molecule has 3 N–H and O–H groups in total. The van der Waals surface area contributed by atoms with Crippen LogP contribution < -0.4 is 10.5 Å². The summed E-state index contributed by atoms with van der Waals surface area (Å²) in [5, 5.41) is 12.7. The average molecular weight is 533 g/mol. The number of likely N-dealkylation sites (tertiary alicyclic amines) is 1. The Morgan fingerprint density at radius 1 is 0.800 bits per heavy atom. The Balaban J connectivity index is 1.49. The maximum absolute atomic E-state index is 13.9. The van der Waals surface area contributed by atoms with Crippen LogP contribution in [0.15, 0.2) is 115 Å². The van der Waals surface area contributed by atoms with Crippen LogP contribution in [0.1, 0.15) is 41.1 Å². The van der Waals surface area contributed by atoms with Crippen molar-refractivity contribution in [3.05, 3.63) is 138 Å². The Labute approximate surface area is 236 Å². The minimum absolute atomic E-state index is 0.0483. The second-order valence-corrected chi connectivity index (χ2v) is 11.2. The fourth-order valence-electron chi connectivity index (χ4n) is 7.42. The van der Waals surface area contributed by atoms with Crippen molar-refractivity contribution < 1.29 is 14.6 Å². The second-order valence-electron chi connectivity index (χ2n) is 11.2. The maximum Gasteiger partial charge on any atom is 0.244 e. The van der Waals surface area contributed by atoms with Gasteiger partial charge in [0.05, 0.1) is 12.7 Å². The van der Waals surface area contributed by atoms with E-state index in [0.29, 0.717) is 25.3 Å². The third-order valence-electron chi connectivity index (χ3n) is 9.35. The third kappa shape index (κ3) is 4.21. The molecule has 1 aliphatic carbocycles. The van der Waals surface area contributed by atoms with Gasteiger partial charge in [0.15, 0.2) is 0 Å². The molecule has 204 valence electrons. The Morgan fingerprint density at radius 3 is 1.93 bits per heavy atom. The van der Waals surface area contributed by atoms with E-state index >= 15 is 0 Å². The molecule has 0 spiro atoms. The number of hydrogen-bond acceptors (Lipinski definition) is 4. The molecule has 1 heterocycles. The summed E-state index contributed by atoms with van der Waals surface area (Å²) < 4.78 is 5.74. The van der Waals surface area contributed by atoms with E-state index in [1.54, 1.807) is 7.11 Å². The molecule has 1 amide bonds. The van der Waals surface area contributed by atoms with E-state index in [1.165, 1.54) is 11.1 Å². The molecule has 0 bridgehead atoms. The predicted octanol–water partition coefficient (Wildman–Crippen LogP) is 5.44. The van der Waals surface area contributed by atoms with Crippen molar-refractivity contribution >= 4 is 5.91 Å². The van der Waals surface area contributed by atoms with E-state index in [2.05, 4.69) is 48.5 Å². The number of amides is 1. The van der Waals surface area contributed by atoms with Gasteiger partial charge in [-0.05, 0) is 41.5 Å². The maximum atomic E-state index is 13.9. The molecule has 40 heavy (non-hydrogen) atoms. The molecular weight excluding hydrogens is 496 g/mol. The van der Waals surface area contributed by atoms with Gasteiger partial charge in [-0.1, -0.05) is 109 Å². The summed E-state index contributed by atoms with van der Waals surface area (Å²) in [6.07, 6.45) is 1.26. The van der Waals surface area contributed by atoms with E-state index in [-0.39, 0.29) is 23.2 Å². The van der Waals surface area contributed by atoms with Gasteiger partial charge in [0, 0.05) is 30.0 Å². The fourth-order valence-corrected chi connectivity index (χ4v) is 7.42. The summed E-state index contributed by atoms with van der Waals surface area (Å²) in [6, 6.07) is 37.7. The molecule has 1 aliphatic heterocycles. The highest BCUT2D eigenvalue weighted by molar-refractivity contribution is 5.83. The molecule has 6 rings (SSSR count).